The van der Waals surface area contributed by atoms with Gasteiger partial charge in [0.1, 0.15) is 31.2 Å². The van der Waals surface area contributed by atoms with E-state index < -0.39 is 90.8 Å². The molecule has 0 aromatic carbocycles. The molecule has 0 aromatic rings. The van der Waals surface area contributed by atoms with Crippen LogP contribution in [0.2, 0.25) is 0 Å². The summed E-state index contributed by atoms with van der Waals surface area (Å²) < 4.78 is 191. The summed E-state index contributed by atoms with van der Waals surface area (Å²) >= 11 is 0. The minimum atomic E-state index is -3.37. The van der Waals surface area contributed by atoms with Gasteiger partial charge < -0.3 is 62.7 Å². The largest absolute Gasteiger partial charge is 0.465 e. The molecule has 18 atom stereocenters. The molecule has 23 nitrogen and oxygen atoms in total. The molecule has 3 saturated heterocycles. The first kappa shape index (κ1) is 108. The van der Waals surface area contributed by atoms with Crippen LogP contribution >= 0.6 is 0 Å². The number of carbonyl (C=O) groups is 7. The van der Waals surface area contributed by atoms with Gasteiger partial charge in [0.25, 0.3) is 10.1 Å². The highest BCUT2D eigenvalue weighted by atomic mass is 32.2. The number of fused-ring (bicyclic) bond motifs is 2. The molecule has 758 valence electrons. The Morgan fingerprint density at radius 2 is 0.871 bits per heavy atom. The average molecular weight is 1910 g/mol. The Hall–Kier alpha value is -4.44. The molecule has 3 N–H and O–H groups in total. The van der Waals surface area contributed by atoms with Crippen molar-refractivity contribution < 1.29 is 144 Å². The van der Waals surface area contributed by atoms with Crippen molar-refractivity contribution in [1.82, 2.24) is 0 Å². The molecule has 3 heterocycles. The number of ketones is 1. The van der Waals surface area contributed by atoms with Crippen LogP contribution < -0.4 is 0 Å². The lowest BCUT2D eigenvalue weighted by Gasteiger charge is -2.60. The van der Waals surface area contributed by atoms with Gasteiger partial charge in [-0.25, -0.2) is 0 Å². The minimum Gasteiger partial charge on any atom is -0.465 e. The van der Waals surface area contributed by atoms with Gasteiger partial charge in [-0.3, -0.25) is 37.7 Å². The SMILES string of the molecule is CC(C)(C)C(=O)OCC1C2CC3C(=O)OC1C3C2.CC(C)(C)C(=O)OCC1C2CC3C1OS(=O)(=O)C3C2.CC(C)(C)C(=O)OCC1CCOC1=O.CC(C)(C)C(F)(F)OCC(O)COC(=O)C1CCCCC1.CC(C)(C)C(F)(F)OCC12CC3CC(C1)C(=O)C(C3)C2.CC(C)(C)C(F)(F)OCC12CC3CC(C1)C(O)C(C3)C2.CC(C)(C)C(F)(F)OCC12CC3CC(CC(O)(C3)C1)C2. The molecule has 0 spiro atoms. The standard InChI is InChI=1S/2C16H26F2O2.C16H24F2O2.C15H26F2O4.C14H20O4.C13H20O5S.C10H16O4/c1-13(2,3)16(17,18)20-10-14-5-11-4-12(6-14)8-15(19,7-11)9-14;2*1-14(2,3)16(17,18)20-9-15-6-10-4-11(7-15)13(19)12(5-10)8-15;1-14(2,3)15(16,17)21-10-12(18)9-20-13(19)11-7-5-4-6-8-11;1-14(2,3)13(16)17-6-10-7-4-8-9(5-7)12(15)18-11(8)10;1-13(2,3)12(14)17-6-9-7-4-8-10(5-7)19(15,16)18-11(8)9;1-10(2,3)9(12)14-6-7-4-5-13-8(7)11/h11-12,19H,4-10H2,1-3H3;10-13,19H,4-9H2,1-3H3;10-12H,4-9H2,1-3H3;11-12,18H,4-10H2,1-3H3;7-11H,4-6H2,1-3H3;7-11H,4-6H2,1-3H3;7H,4-6H2,1-3H3. The van der Waals surface area contributed by atoms with E-state index in [4.69, 9.17) is 46.8 Å². The fourth-order valence-corrected chi connectivity index (χ4v) is 26.8. The van der Waals surface area contributed by atoms with Crippen molar-refractivity contribution in [3.05, 3.63) is 0 Å². The van der Waals surface area contributed by atoms with Crippen LogP contribution in [0.1, 0.15) is 312 Å². The second-order valence-corrected chi connectivity index (χ2v) is 52.5. The van der Waals surface area contributed by atoms with E-state index in [2.05, 4.69) is 4.74 Å². The van der Waals surface area contributed by atoms with Crippen molar-refractivity contribution in [2.45, 2.75) is 372 Å². The Bertz CT molecular complexity index is 4090. The summed E-state index contributed by atoms with van der Waals surface area (Å²) in [5.41, 5.74) is -7.50. The van der Waals surface area contributed by atoms with Crippen molar-refractivity contribution in [3.63, 3.8) is 0 Å². The number of hydrogen-bond acceptors (Lipinski definition) is 23. The lowest BCUT2D eigenvalue weighted by molar-refractivity contribution is -0.316. The van der Waals surface area contributed by atoms with Crippen LogP contribution in [0.15, 0.2) is 0 Å². The average Bonchev–Trinajstić information content (AvgIpc) is 1.62. The molecule has 132 heavy (non-hydrogen) atoms. The highest BCUT2D eigenvalue weighted by molar-refractivity contribution is 7.87. The summed E-state index contributed by atoms with van der Waals surface area (Å²) in [7, 11) is -3.37. The van der Waals surface area contributed by atoms with Gasteiger partial charge in [0, 0.05) is 35.5 Å². The Kier molecular flexibility index (Phi) is 32.4. The van der Waals surface area contributed by atoms with Crippen molar-refractivity contribution in [3.8, 4) is 0 Å². The number of ether oxygens (including phenoxy) is 10. The molecule has 0 aromatic heterocycles. The number of aliphatic hydroxyl groups is 3. The van der Waals surface area contributed by atoms with E-state index in [9.17, 15) is 92.4 Å². The lowest BCUT2D eigenvalue weighted by Crippen LogP contribution is -2.57. The number of halogens is 8. The van der Waals surface area contributed by atoms with E-state index in [1.165, 1.54) is 89.5 Å². The van der Waals surface area contributed by atoms with Crippen LogP contribution in [-0.2, 0) is 95.2 Å². The van der Waals surface area contributed by atoms with Gasteiger partial charge in [-0.15, -0.1) is 0 Å². The van der Waals surface area contributed by atoms with Gasteiger partial charge in [-0.05, 0) is 274 Å². The van der Waals surface area contributed by atoms with Gasteiger partial charge in [-0.1, -0.05) is 102 Å². The van der Waals surface area contributed by atoms with Gasteiger partial charge in [0.15, 0.2) is 0 Å². The first-order valence-electron chi connectivity index (χ1n) is 49.1. The molecule has 18 unspecified atom stereocenters. The topological polar surface area (TPSA) is 316 Å². The van der Waals surface area contributed by atoms with Gasteiger partial charge in [0.05, 0.1) is 125 Å². The maximum absolute atomic E-state index is 14.0. The molecule has 20 aliphatic rings. The minimum absolute atomic E-state index is 0.00835. The van der Waals surface area contributed by atoms with Crippen LogP contribution in [0.25, 0.3) is 0 Å². The third kappa shape index (κ3) is 25.3. The number of aliphatic hydroxyl groups excluding tert-OH is 2. The van der Waals surface area contributed by atoms with Crippen LogP contribution in [0, 0.1) is 155 Å². The van der Waals surface area contributed by atoms with E-state index in [1.807, 2.05) is 41.5 Å². The van der Waals surface area contributed by atoms with E-state index in [1.54, 1.807) is 20.8 Å². The lowest BCUT2D eigenvalue weighted by atomic mass is 9.48. The third-order valence-corrected chi connectivity index (χ3v) is 33.8. The fraction of sp³-hybridized carbons (Fsp3) is 0.930. The predicted octanol–water partition coefficient (Wildman–Crippen LogP) is 19.2. The van der Waals surface area contributed by atoms with Crippen molar-refractivity contribution in [1.29, 1.82) is 0 Å². The summed E-state index contributed by atoms with van der Waals surface area (Å²) in [6.45, 7) is 34.6. The molecular weight excluding hydrogens is 1750 g/mol. The summed E-state index contributed by atoms with van der Waals surface area (Å²) in [4.78, 5) is 81.4. The Labute approximate surface area is 778 Å². The van der Waals surface area contributed by atoms with Gasteiger partial charge in [-0.2, -0.15) is 43.5 Å². The van der Waals surface area contributed by atoms with E-state index in [0.29, 0.717) is 91.5 Å². The first-order valence-corrected chi connectivity index (χ1v) is 50.5. The van der Waals surface area contributed by atoms with Crippen molar-refractivity contribution in [2.24, 2.45) is 155 Å². The summed E-state index contributed by atoms with van der Waals surface area (Å²) in [5.74, 6) is 3.45. The molecule has 20 fully saturated rings. The number of hydrogen-bond donors (Lipinski definition) is 3. The number of cyclic esters (lactones) is 1. The van der Waals surface area contributed by atoms with Crippen LogP contribution in [0.3, 0.4) is 0 Å². The van der Waals surface area contributed by atoms with Gasteiger partial charge in [0.2, 0.25) is 0 Å². The number of rotatable bonds is 21. The normalized spacial score (nSPS) is 36.6. The molecule has 17 aliphatic carbocycles. The van der Waals surface area contributed by atoms with E-state index in [0.717, 1.165) is 141 Å². The summed E-state index contributed by atoms with van der Waals surface area (Å²) in [6.07, 6.45) is 9.35. The van der Waals surface area contributed by atoms with Gasteiger partial charge >= 0.3 is 60.3 Å². The number of esters is 6. The van der Waals surface area contributed by atoms with Crippen LogP contribution in [0.5, 0.6) is 0 Å². The maximum Gasteiger partial charge on any atom is 0.360 e. The second kappa shape index (κ2) is 39.6. The summed E-state index contributed by atoms with van der Waals surface area (Å²) in [5, 5.41) is 30.1. The van der Waals surface area contributed by atoms with E-state index in [-0.39, 0.29) is 163 Å². The van der Waals surface area contributed by atoms with Crippen LogP contribution in [0.4, 0.5) is 35.1 Å². The third-order valence-electron chi connectivity index (χ3n) is 32.0. The van der Waals surface area contributed by atoms with E-state index >= 15 is 0 Å². The van der Waals surface area contributed by atoms with Crippen LogP contribution in [-0.4, -0.2) is 184 Å². The Morgan fingerprint density at radius 3 is 1.33 bits per heavy atom. The number of carbonyl (C=O) groups excluding carboxylic acids is 7. The maximum atomic E-state index is 14.0. The number of Topliss-reactive ketones (excluding diaryl/α,β-unsaturated/α-hetero) is 1. The molecule has 17 saturated carbocycles. The Balaban J connectivity index is 0.000000149. The zero-order valence-corrected chi connectivity index (χ0v) is 83.2. The molecular formula is C100H158F8O23S. The molecule has 3 aliphatic heterocycles. The zero-order valence-electron chi connectivity index (χ0n) is 82.4. The molecule has 0 amide bonds. The zero-order chi connectivity index (χ0) is 98.3. The predicted molar refractivity (Wildman–Crippen MR) is 471 cm³/mol. The quantitative estimate of drug-likeness (QED) is 0.0416. The highest BCUT2D eigenvalue weighted by Crippen LogP contribution is 2.65. The molecule has 32 heteroatoms. The smallest absolute Gasteiger partial charge is 0.360 e. The highest BCUT2D eigenvalue weighted by Gasteiger charge is 2.67. The second-order valence-electron chi connectivity index (χ2n) is 50.7. The fourth-order valence-electron chi connectivity index (χ4n) is 24.9. The summed E-state index contributed by atoms with van der Waals surface area (Å²) in [6, 6.07) is 0. The monoisotopic (exact) mass is 1910 g/mol. The van der Waals surface area contributed by atoms with Crippen molar-refractivity contribution >= 4 is 51.7 Å². The molecule has 16 bridgehead atoms. The first-order chi connectivity index (χ1) is 60.4. The van der Waals surface area contributed by atoms with Crippen molar-refractivity contribution in [2.75, 3.05) is 59.5 Å². The molecule has 0 radical (unpaired) electrons. The Morgan fingerprint density at radius 1 is 0.447 bits per heavy atom. The number of alkyl halides is 8. The molecule has 20 rings (SSSR count).